The van der Waals surface area contributed by atoms with Crippen LogP contribution < -0.4 is 19.6 Å². The zero-order valence-corrected chi connectivity index (χ0v) is 22.2. The largest absolute Gasteiger partial charge is 0.494 e. The standard InChI is InChI=1S/C30H25BrN2O5/c1-2-36-26-15-10-23(11-16-26)30(35)38-28-17-12-25(31)18-24(28)19-32-33-29(34)22-8-13-27(14-9-22)37-20-21-6-4-3-5-7-21/h3-19H,2,20H2,1H3,(H,33,34)/b32-19-. The maximum Gasteiger partial charge on any atom is 0.343 e. The highest BCUT2D eigenvalue weighted by molar-refractivity contribution is 9.10. The predicted octanol–water partition coefficient (Wildman–Crippen LogP) is 6.41. The van der Waals surface area contributed by atoms with Gasteiger partial charge in [0, 0.05) is 15.6 Å². The van der Waals surface area contributed by atoms with E-state index < -0.39 is 11.9 Å². The maximum atomic E-state index is 12.6. The zero-order chi connectivity index (χ0) is 26.7. The number of nitrogens with zero attached hydrogens (tertiary/aromatic N) is 1. The van der Waals surface area contributed by atoms with Gasteiger partial charge >= 0.3 is 5.97 Å². The van der Waals surface area contributed by atoms with Crippen LogP contribution in [0.3, 0.4) is 0 Å². The number of benzene rings is 4. The van der Waals surface area contributed by atoms with Crippen molar-refractivity contribution >= 4 is 34.0 Å². The van der Waals surface area contributed by atoms with Crippen molar-refractivity contribution in [2.45, 2.75) is 13.5 Å². The van der Waals surface area contributed by atoms with Gasteiger partial charge in [-0.1, -0.05) is 46.3 Å². The van der Waals surface area contributed by atoms with E-state index in [1.807, 2.05) is 37.3 Å². The Labute approximate surface area is 229 Å². The van der Waals surface area contributed by atoms with Crippen molar-refractivity contribution in [1.82, 2.24) is 5.43 Å². The Balaban J connectivity index is 1.36. The summed E-state index contributed by atoms with van der Waals surface area (Å²) in [7, 11) is 0. The molecular formula is C30H25BrN2O5. The number of nitrogens with one attached hydrogen (secondary N) is 1. The van der Waals surface area contributed by atoms with Crippen LogP contribution in [0.5, 0.6) is 17.2 Å². The van der Waals surface area contributed by atoms with E-state index in [-0.39, 0.29) is 0 Å². The van der Waals surface area contributed by atoms with Crippen molar-refractivity contribution in [3.8, 4) is 17.2 Å². The molecule has 8 heteroatoms. The highest BCUT2D eigenvalue weighted by Crippen LogP contribution is 2.23. The number of hydrogen-bond acceptors (Lipinski definition) is 6. The lowest BCUT2D eigenvalue weighted by molar-refractivity contribution is 0.0734. The van der Waals surface area contributed by atoms with Crippen LogP contribution in [-0.4, -0.2) is 24.7 Å². The molecule has 1 N–H and O–H groups in total. The summed E-state index contributed by atoms with van der Waals surface area (Å²) in [5.74, 6) is 0.708. The minimum Gasteiger partial charge on any atom is -0.494 e. The highest BCUT2D eigenvalue weighted by atomic mass is 79.9. The second kappa shape index (κ2) is 13.2. The van der Waals surface area contributed by atoms with Crippen LogP contribution in [-0.2, 0) is 6.61 Å². The van der Waals surface area contributed by atoms with Crippen LogP contribution in [0.15, 0.2) is 107 Å². The molecule has 0 heterocycles. The summed E-state index contributed by atoms with van der Waals surface area (Å²) in [6, 6.07) is 28.4. The van der Waals surface area contributed by atoms with Crippen LogP contribution in [0, 0.1) is 0 Å². The van der Waals surface area contributed by atoms with E-state index in [1.54, 1.807) is 66.7 Å². The highest BCUT2D eigenvalue weighted by Gasteiger charge is 2.12. The molecule has 0 spiro atoms. The Kier molecular flexibility index (Phi) is 9.26. The van der Waals surface area contributed by atoms with E-state index in [0.29, 0.717) is 47.2 Å². The van der Waals surface area contributed by atoms with Gasteiger partial charge in [-0.2, -0.15) is 5.10 Å². The Morgan fingerprint density at radius 3 is 2.18 bits per heavy atom. The molecule has 0 aliphatic carbocycles. The first kappa shape index (κ1) is 26.6. The summed E-state index contributed by atoms with van der Waals surface area (Å²) >= 11 is 3.41. The fourth-order valence-corrected chi connectivity index (χ4v) is 3.77. The third-order valence-corrected chi connectivity index (χ3v) is 5.80. The quantitative estimate of drug-likeness (QED) is 0.103. The van der Waals surface area contributed by atoms with Crippen molar-refractivity contribution in [1.29, 1.82) is 0 Å². The van der Waals surface area contributed by atoms with Crippen molar-refractivity contribution in [3.05, 3.63) is 124 Å². The van der Waals surface area contributed by atoms with Gasteiger partial charge in [0.1, 0.15) is 23.9 Å². The molecule has 4 rings (SSSR count). The van der Waals surface area contributed by atoms with E-state index in [4.69, 9.17) is 14.2 Å². The van der Waals surface area contributed by atoms with E-state index in [0.717, 1.165) is 10.0 Å². The number of hydrogen-bond donors (Lipinski definition) is 1. The van der Waals surface area contributed by atoms with Gasteiger partial charge in [-0.25, -0.2) is 10.2 Å². The lowest BCUT2D eigenvalue weighted by Crippen LogP contribution is -2.17. The summed E-state index contributed by atoms with van der Waals surface area (Å²) in [6.45, 7) is 2.87. The fourth-order valence-electron chi connectivity index (χ4n) is 3.39. The average molecular weight is 573 g/mol. The molecule has 0 aliphatic rings. The van der Waals surface area contributed by atoms with Gasteiger partial charge < -0.3 is 14.2 Å². The van der Waals surface area contributed by atoms with Crippen LogP contribution >= 0.6 is 15.9 Å². The lowest BCUT2D eigenvalue weighted by Gasteiger charge is -2.09. The normalized spacial score (nSPS) is 10.7. The maximum absolute atomic E-state index is 12.6. The molecule has 0 aliphatic heterocycles. The Bertz CT molecular complexity index is 1410. The van der Waals surface area contributed by atoms with Crippen molar-refractivity contribution in [3.63, 3.8) is 0 Å². The minimum atomic E-state index is -0.524. The number of ether oxygens (including phenoxy) is 3. The molecule has 4 aromatic carbocycles. The molecule has 0 fully saturated rings. The van der Waals surface area contributed by atoms with Crippen molar-refractivity contribution in [2.75, 3.05) is 6.61 Å². The van der Waals surface area contributed by atoms with Crippen LogP contribution in [0.25, 0.3) is 0 Å². The molecule has 192 valence electrons. The Hall–Kier alpha value is -4.43. The van der Waals surface area contributed by atoms with Crippen LogP contribution in [0.2, 0.25) is 0 Å². The van der Waals surface area contributed by atoms with Gasteiger partial charge in [0.05, 0.1) is 18.4 Å². The van der Waals surface area contributed by atoms with Gasteiger partial charge in [0.15, 0.2) is 0 Å². The Morgan fingerprint density at radius 1 is 0.842 bits per heavy atom. The monoisotopic (exact) mass is 572 g/mol. The molecule has 4 aromatic rings. The molecule has 1 amide bonds. The summed E-state index contributed by atoms with van der Waals surface area (Å²) < 4.78 is 17.5. The van der Waals surface area contributed by atoms with Crippen LogP contribution in [0.4, 0.5) is 0 Å². The molecule has 0 radical (unpaired) electrons. The van der Waals surface area contributed by atoms with Crippen molar-refractivity contribution < 1.29 is 23.8 Å². The number of carbonyl (C=O) groups is 2. The van der Waals surface area contributed by atoms with Gasteiger partial charge in [-0.3, -0.25) is 4.79 Å². The smallest absolute Gasteiger partial charge is 0.343 e. The summed E-state index contributed by atoms with van der Waals surface area (Å²) in [6.07, 6.45) is 1.42. The third kappa shape index (κ3) is 7.54. The number of amides is 1. The molecule has 7 nitrogen and oxygen atoms in total. The SMILES string of the molecule is CCOc1ccc(C(=O)Oc2ccc(Br)cc2/C=N\NC(=O)c2ccc(OCc3ccccc3)cc2)cc1. The number of carbonyl (C=O) groups excluding carboxylic acids is 2. The fraction of sp³-hybridized carbons (Fsp3) is 0.100. The second-order valence-electron chi connectivity index (χ2n) is 8.03. The van der Waals surface area contributed by atoms with Gasteiger partial charge in [0.25, 0.3) is 5.91 Å². The van der Waals surface area contributed by atoms with Crippen LogP contribution in [0.1, 0.15) is 38.8 Å². The molecule has 0 bridgehead atoms. The van der Waals surface area contributed by atoms with Gasteiger partial charge in [-0.15, -0.1) is 0 Å². The van der Waals surface area contributed by atoms with E-state index in [2.05, 4.69) is 26.5 Å². The molecule has 38 heavy (non-hydrogen) atoms. The summed E-state index contributed by atoms with van der Waals surface area (Å²) in [5.41, 5.74) is 4.85. The number of rotatable bonds is 10. The number of hydrazone groups is 1. The molecule has 0 aromatic heterocycles. The third-order valence-electron chi connectivity index (χ3n) is 5.31. The first-order chi connectivity index (χ1) is 18.5. The number of esters is 1. The molecule has 0 saturated carbocycles. The van der Waals surface area contributed by atoms with E-state index in [9.17, 15) is 9.59 Å². The molecule has 0 saturated heterocycles. The number of halogens is 1. The Morgan fingerprint density at radius 2 is 1.50 bits per heavy atom. The minimum absolute atomic E-state index is 0.296. The topological polar surface area (TPSA) is 86.2 Å². The van der Waals surface area contributed by atoms with Gasteiger partial charge in [-0.05, 0) is 79.2 Å². The average Bonchev–Trinajstić information content (AvgIpc) is 2.94. The summed E-state index contributed by atoms with van der Waals surface area (Å²) in [5, 5.41) is 4.05. The molecular weight excluding hydrogens is 548 g/mol. The molecule has 0 unspecified atom stereocenters. The molecule has 0 atom stereocenters. The van der Waals surface area contributed by atoms with E-state index >= 15 is 0 Å². The first-order valence-corrected chi connectivity index (χ1v) is 12.7. The van der Waals surface area contributed by atoms with Crippen molar-refractivity contribution in [2.24, 2.45) is 5.10 Å². The lowest BCUT2D eigenvalue weighted by atomic mass is 10.2. The predicted molar refractivity (Wildman–Crippen MR) is 149 cm³/mol. The zero-order valence-electron chi connectivity index (χ0n) is 20.6. The second-order valence-corrected chi connectivity index (χ2v) is 8.94. The first-order valence-electron chi connectivity index (χ1n) is 11.9. The summed E-state index contributed by atoms with van der Waals surface area (Å²) in [4.78, 5) is 25.2. The van der Waals surface area contributed by atoms with Gasteiger partial charge in [0.2, 0.25) is 0 Å². The van der Waals surface area contributed by atoms with E-state index in [1.165, 1.54) is 6.21 Å².